The minimum atomic E-state index is -3.88. The molecule has 2 aromatic heterocycles. The van der Waals surface area contributed by atoms with Crippen molar-refractivity contribution in [2.45, 2.75) is 11.8 Å². The van der Waals surface area contributed by atoms with Crippen LogP contribution >= 0.6 is 0 Å². The summed E-state index contributed by atoms with van der Waals surface area (Å²) < 4.78 is 45.6. The molecule has 1 N–H and O–H groups in total. The molecule has 0 bridgehead atoms. The number of anilines is 1. The Morgan fingerprint density at radius 2 is 1.62 bits per heavy atom. The molecule has 0 radical (unpaired) electrons. The monoisotopic (exact) mass is 471 g/mol. The third-order valence-electron chi connectivity index (χ3n) is 5.86. The molecule has 170 valence electrons. The van der Waals surface area contributed by atoms with E-state index in [0.29, 0.717) is 28.2 Å². The molecule has 0 aliphatic rings. The molecule has 5 rings (SSSR count). The molecule has 5 aromatic rings. The third kappa shape index (κ3) is 3.84. The van der Waals surface area contributed by atoms with Crippen LogP contribution in [0, 0.1) is 12.7 Å². The Labute approximate surface area is 197 Å². The minimum absolute atomic E-state index is 0.165. The van der Waals surface area contributed by atoms with Crippen LogP contribution in [0.3, 0.4) is 0 Å². The zero-order chi connectivity index (χ0) is 23.9. The number of aryl methyl sites for hydroxylation is 2. The zero-order valence-electron chi connectivity index (χ0n) is 18.7. The standard InChI is InChI=1S/C27H22FN3O2S/c1-18-10-13-20(14-11-18)34(32,33)30-27-26(22-7-3-4-9-25(22)31(27)2)21-15-12-19(28)17-23(21)24-8-5-6-16-29-24/h3-17,30H,1-2H3. The Kier molecular flexibility index (Phi) is 5.42. The van der Waals surface area contributed by atoms with Crippen molar-refractivity contribution in [3.05, 3.63) is 103 Å². The first kappa shape index (κ1) is 21.9. The Balaban J connectivity index is 1.77. The van der Waals surface area contributed by atoms with E-state index < -0.39 is 15.8 Å². The molecule has 0 aliphatic carbocycles. The van der Waals surface area contributed by atoms with Crippen molar-refractivity contribution in [2.75, 3.05) is 4.72 Å². The largest absolute Gasteiger partial charge is 0.329 e. The number of rotatable bonds is 5. The van der Waals surface area contributed by atoms with Crippen LogP contribution < -0.4 is 4.72 Å². The van der Waals surface area contributed by atoms with Gasteiger partial charge in [0, 0.05) is 29.8 Å². The van der Waals surface area contributed by atoms with Gasteiger partial charge in [-0.3, -0.25) is 9.71 Å². The second-order valence-electron chi connectivity index (χ2n) is 8.12. The normalized spacial score (nSPS) is 11.6. The lowest BCUT2D eigenvalue weighted by Gasteiger charge is -2.15. The fourth-order valence-electron chi connectivity index (χ4n) is 4.16. The van der Waals surface area contributed by atoms with Gasteiger partial charge in [0.05, 0.1) is 16.1 Å². The van der Waals surface area contributed by atoms with Crippen molar-refractivity contribution < 1.29 is 12.8 Å². The molecule has 0 fully saturated rings. The fourth-order valence-corrected chi connectivity index (χ4v) is 5.26. The summed E-state index contributed by atoms with van der Waals surface area (Å²) in [4.78, 5) is 4.58. The van der Waals surface area contributed by atoms with Crippen LogP contribution in [-0.4, -0.2) is 18.0 Å². The summed E-state index contributed by atoms with van der Waals surface area (Å²) in [7, 11) is -2.07. The lowest BCUT2D eigenvalue weighted by atomic mass is 9.96. The molecule has 0 atom stereocenters. The van der Waals surface area contributed by atoms with E-state index in [1.807, 2.05) is 48.9 Å². The van der Waals surface area contributed by atoms with E-state index in [0.717, 1.165) is 16.5 Å². The summed E-state index contributed by atoms with van der Waals surface area (Å²) in [6.45, 7) is 1.90. The van der Waals surface area contributed by atoms with Crippen LogP contribution in [0.15, 0.2) is 96.0 Å². The van der Waals surface area contributed by atoms with Gasteiger partial charge in [0.1, 0.15) is 11.6 Å². The highest BCUT2D eigenvalue weighted by Gasteiger charge is 2.24. The molecule has 0 saturated carbocycles. The van der Waals surface area contributed by atoms with Gasteiger partial charge in [-0.15, -0.1) is 0 Å². The number of pyridine rings is 1. The number of benzene rings is 3. The minimum Gasteiger partial charge on any atom is -0.329 e. The molecule has 7 heteroatoms. The molecule has 34 heavy (non-hydrogen) atoms. The highest BCUT2D eigenvalue weighted by Crippen LogP contribution is 2.43. The summed E-state index contributed by atoms with van der Waals surface area (Å²) in [6, 6.07) is 24.2. The van der Waals surface area contributed by atoms with Crippen molar-refractivity contribution in [2.24, 2.45) is 7.05 Å². The molecule has 0 spiro atoms. The van der Waals surface area contributed by atoms with Gasteiger partial charge in [0.2, 0.25) is 0 Å². The van der Waals surface area contributed by atoms with Crippen molar-refractivity contribution in [1.29, 1.82) is 0 Å². The lowest BCUT2D eigenvalue weighted by molar-refractivity contribution is 0.600. The van der Waals surface area contributed by atoms with Gasteiger partial charge in [0.15, 0.2) is 0 Å². The van der Waals surface area contributed by atoms with Crippen molar-refractivity contribution in [3.8, 4) is 22.4 Å². The SMILES string of the molecule is Cc1ccc(S(=O)(=O)Nc2c(-c3ccc(F)cc3-c3ccccn3)c3ccccc3n2C)cc1. The van der Waals surface area contributed by atoms with E-state index in [1.165, 1.54) is 12.1 Å². The summed E-state index contributed by atoms with van der Waals surface area (Å²) in [5.41, 5.74) is 4.32. The maximum atomic E-state index is 14.3. The second-order valence-corrected chi connectivity index (χ2v) is 9.81. The Hall–Kier alpha value is -3.97. The van der Waals surface area contributed by atoms with E-state index >= 15 is 0 Å². The molecule has 5 nitrogen and oxygen atoms in total. The average Bonchev–Trinajstić information content (AvgIpc) is 3.11. The number of hydrogen-bond acceptors (Lipinski definition) is 3. The van der Waals surface area contributed by atoms with Crippen LogP contribution in [0.2, 0.25) is 0 Å². The van der Waals surface area contributed by atoms with Crippen LogP contribution in [0.25, 0.3) is 33.3 Å². The summed E-state index contributed by atoms with van der Waals surface area (Å²) in [5, 5.41) is 0.843. The van der Waals surface area contributed by atoms with Crippen LogP contribution in [-0.2, 0) is 17.1 Å². The maximum Gasteiger partial charge on any atom is 0.263 e. The third-order valence-corrected chi connectivity index (χ3v) is 7.22. The van der Waals surface area contributed by atoms with E-state index in [4.69, 9.17) is 0 Å². The second kappa shape index (κ2) is 8.43. The summed E-state index contributed by atoms with van der Waals surface area (Å²) in [5.74, 6) is -0.00279. The molecule has 0 aliphatic heterocycles. The Morgan fingerprint density at radius 1 is 0.882 bits per heavy atom. The first-order valence-corrected chi connectivity index (χ1v) is 12.2. The average molecular weight is 472 g/mol. The Morgan fingerprint density at radius 3 is 2.35 bits per heavy atom. The van der Waals surface area contributed by atoms with Gasteiger partial charge < -0.3 is 4.57 Å². The van der Waals surface area contributed by atoms with Crippen molar-refractivity contribution in [1.82, 2.24) is 9.55 Å². The van der Waals surface area contributed by atoms with Gasteiger partial charge in [-0.05, 0) is 55.0 Å². The molecule has 0 saturated heterocycles. The first-order chi connectivity index (χ1) is 16.3. The summed E-state index contributed by atoms with van der Waals surface area (Å²) >= 11 is 0. The highest BCUT2D eigenvalue weighted by molar-refractivity contribution is 7.92. The van der Waals surface area contributed by atoms with E-state index in [9.17, 15) is 12.8 Å². The van der Waals surface area contributed by atoms with Crippen LogP contribution in [0.4, 0.5) is 10.2 Å². The van der Waals surface area contributed by atoms with Crippen LogP contribution in [0.1, 0.15) is 5.56 Å². The number of sulfonamides is 1. The predicted octanol–water partition coefficient (Wildman–Crippen LogP) is 6.16. The molecular weight excluding hydrogens is 449 g/mol. The van der Waals surface area contributed by atoms with Gasteiger partial charge in [-0.25, -0.2) is 12.8 Å². The number of halogens is 1. The number of nitrogens with zero attached hydrogens (tertiary/aromatic N) is 2. The number of para-hydroxylation sites is 1. The number of hydrogen-bond donors (Lipinski definition) is 1. The van der Waals surface area contributed by atoms with E-state index in [2.05, 4.69) is 9.71 Å². The van der Waals surface area contributed by atoms with Gasteiger partial charge in [-0.1, -0.05) is 48.0 Å². The lowest BCUT2D eigenvalue weighted by Crippen LogP contribution is -2.15. The van der Waals surface area contributed by atoms with E-state index in [-0.39, 0.29) is 4.90 Å². The van der Waals surface area contributed by atoms with E-state index in [1.54, 1.807) is 48.7 Å². The summed E-state index contributed by atoms with van der Waals surface area (Å²) in [6.07, 6.45) is 1.65. The fraction of sp³-hybridized carbons (Fsp3) is 0.0741. The predicted molar refractivity (Wildman–Crippen MR) is 134 cm³/mol. The maximum absolute atomic E-state index is 14.3. The smallest absolute Gasteiger partial charge is 0.263 e. The molecule has 2 heterocycles. The molecule has 0 unspecified atom stereocenters. The highest BCUT2D eigenvalue weighted by atomic mass is 32.2. The molecule has 0 amide bonds. The number of aromatic nitrogens is 2. The number of nitrogens with one attached hydrogen (secondary N) is 1. The van der Waals surface area contributed by atoms with Crippen molar-refractivity contribution >= 4 is 26.7 Å². The topological polar surface area (TPSA) is 64.0 Å². The first-order valence-electron chi connectivity index (χ1n) is 10.7. The molecular formula is C27H22FN3O2S. The number of fused-ring (bicyclic) bond motifs is 1. The zero-order valence-corrected chi connectivity index (χ0v) is 19.5. The van der Waals surface area contributed by atoms with Crippen LogP contribution in [0.5, 0.6) is 0 Å². The Bertz CT molecular complexity index is 1610. The van der Waals surface area contributed by atoms with Gasteiger partial charge in [0.25, 0.3) is 10.0 Å². The van der Waals surface area contributed by atoms with Gasteiger partial charge in [-0.2, -0.15) is 0 Å². The van der Waals surface area contributed by atoms with Crippen molar-refractivity contribution in [3.63, 3.8) is 0 Å². The van der Waals surface area contributed by atoms with Gasteiger partial charge >= 0.3 is 0 Å². The molecule has 3 aromatic carbocycles. The quantitative estimate of drug-likeness (QED) is 0.334.